The van der Waals surface area contributed by atoms with Gasteiger partial charge in [0.1, 0.15) is 17.6 Å². The summed E-state index contributed by atoms with van der Waals surface area (Å²) in [6.07, 6.45) is 0.550. The SMILES string of the molecule is CCCNC(=O)[C@H](C)N(Cc1cccc(OC)c1)C(=O)Cc1c(F)cccc1Cl. The van der Waals surface area contributed by atoms with Gasteiger partial charge in [-0.1, -0.05) is 36.7 Å². The van der Waals surface area contributed by atoms with Crippen molar-refractivity contribution in [2.75, 3.05) is 13.7 Å². The number of amides is 2. The van der Waals surface area contributed by atoms with Gasteiger partial charge in [0.05, 0.1) is 13.5 Å². The minimum atomic E-state index is -0.731. The van der Waals surface area contributed by atoms with E-state index in [1.807, 2.05) is 19.1 Å². The van der Waals surface area contributed by atoms with Crippen LogP contribution in [0.2, 0.25) is 5.02 Å². The van der Waals surface area contributed by atoms with Gasteiger partial charge in [-0.25, -0.2) is 4.39 Å². The van der Waals surface area contributed by atoms with E-state index in [2.05, 4.69) is 5.32 Å². The fourth-order valence-electron chi connectivity index (χ4n) is 2.90. The third-order valence-corrected chi connectivity index (χ3v) is 4.95. The second-order valence-corrected chi connectivity index (χ2v) is 7.12. The molecular formula is C22H26ClFN2O3. The summed E-state index contributed by atoms with van der Waals surface area (Å²) in [6.45, 7) is 4.31. The molecule has 29 heavy (non-hydrogen) atoms. The molecule has 1 atom stereocenters. The fourth-order valence-corrected chi connectivity index (χ4v) is 3.13. The zero-order chi connectivity index (χ0) is 21.4. The standard InChI is InChI=1S/C22H26ClFN2O3/c1-4-11-25-22(28)15(2)26(14-16-7-5-8-17(12-16)29-3)21(27)13-18-19(23)9-6-10-20(18)24/h5-10,12,15H,4,11,13-14H2,1-3H3,(H,25,28)/t15-/m0/s1. The molecule has 1 N–H and O–H groups in total. The second-order valence-electron chi connectivity index (χ2n) is 6.72. The van der Waals surface area contributed by atoms with Crippen LogP contribution in [-0.2, 0) is 22.6 Å². The Kier molecular flexibility index (Phi) is 8.46. The van der Waals surface area contributed by atoms with E-state index in [0.717, 1.165) is 12.0 Å². The first-order chi connectivity index (χ1) is 13.9. The maximum atomic E-state index is 14.2. The number of nitrogens with zero attached hydrogens (tertiary/aromatic N) is 1. The predicted molar refractivity (Wildman–Crippen MR) is 111 cm³/mol. The Morgan fingerprint density at radius 2 is 1.97 bits per heavy atom. The number of hydrogen-bond donors (Lipinski definition) is 1. The van der Waals surface area contributed by atoms with E-state index in [9.17, 15) is 14.0 Å². The molecule has 0 aromatic heterocycles. The molecule has 0 bridgehead atoms. The highest BCUT2D eigenvalue weighted by Gasteiger charge is 2.27. The molecule has 2 rings (SSSR count). The lowest BCUT2D eigenvalue weighted by atomic mass is 10.1. The van der Waals surface area contributed by atoms with Crippen molar-refractivity contribution in [2.45, 2.75) is 39.3 Å². The van der Waals surface area contributed by atoms with Crippen molar-refractivity contribution in [2.24, 2.45) is 0 Å². The molecular weight excluding hydrogens is 395 g/mol. The highest BCUT2D eigenvalue weighted by Crippen LogP contribution is 2.22. The Bertz CT molecular complexity index is 839. The second kappa shape index (κ2) is 10.8. The number of methoxy groups -OCH3 is 1. The molecule has 156 valence electrons. The van der Waals surface area contributed by atoms with Crippen molar-refractivity contribution >= 4 is 23.4 Å². The van der Waals surface area contributed by atoms with Crippen LogP contribution in [0.5, 0.6) is 5.75 Å². The number of benzene rings is 2. The number of nitrogens with one attached hydrogen (secondary N) is 1. The van der Waals surface area contributed by atoms with Gasteiger partial charge in [-0.05, 0) is 43.2 Å². The Hall–Kier alpha value is -2.60. The first kappa shape index (κ1) is 22.7. The van der Waals surface area contributed by atoms with E-state index in [4.69, 9.17) is 16.3 Å². The van der Waals surface area contributed by atoms with Crippen molar-refractivity contribution < 1.29 is 18.7 Å². The number of carbonyl (C=O) groups excluding carboxylic acids is 2. The molecule has 0 fully saturated rings. The number of rotatable bonds is 9. The monoisotopic (exact) mass is 420 g/mol. The molecule has 0 radical (unpaired) electrons. The van der Waals surface area contributed by atoms with Crippen LogP contribution in [0.25, 0.3) is 0 Å². The predicted octanol–water partition coefficient (Wildman–Crippen LogP) is 3.97. The zero-order valence-electron chi connectivity index (χ0n) is 16.9. The summed E-state index contributed by atoms with van der Waals surface area (Å²) < 4.78 is 19.4. The van der Waals surface area contributed by atoms with Crippen LogP contribution >= 0.6 is 11.6 Å². The summed E-state index contributed by atoms with van der Waals surface area (Å²) in [5.41, 5.74) is 0.920. The largest absolute Gasteiger partial charge is 0.497 e. The van der Waals surface area contributed by atoms with E-state index in [0.29, 0.717) is 12.3 Å². The first-order valence-corrected chi connectivity index (χ1v) is 9.88. The van der Waals surface area contributed by atoms with Gasteiger partial charge in [-0.3, -0.25) is 9.59 Å². The van der Waals surface area contributed by atoms with E-state index < -0.39 is 11.9 Å². The average molecular weight is 421 g/mol. The van der Waals surface area contributed by atoms with Crippen molar-refractivity contribution in [3.63, 3.8) is 0 Å². The van der Waals surface area contributed by atoms with Gasteiger partial charge >= 0.3 is 0 Å². The maximum absolute atomic E-state index is 14.2. The number of carbonyl (C=O) groups is 2. The molecule has 0 heterocycles. The number of ether oxygens (including phenoxy) is 1. The Labute approximate surface area is 175 Å². The molecule has 0 aliphatic rings. The number of halogens is 2. The lowest BCUT2D eigenvalue weighted by Crippen LogP contribution is -2.48. The van der Waals surface area contributed by atoms with E-state index >= 15 is 0 Å². The summed E-state index contributed by atoms with van der Waals surface area (Å²) >= 11 is 6.08. The van der Waals surface area contributed by atoms with Gasteiger partial charge in [0.25, 0.3) is 0 Å². The van der Waals surface area contributed by atoms with Gasteiger partial charge in [0.15, 0.2) is 0 Å². The van der Waals surface area contributed by atoms with Crippen molar-refractivity contribution in [1.29, 1.82) is 0 Å². The van der Waals surface area contributed by atoms with E-state index in [-0.39, 0.29) is 35.4 Å². The highest BCUT2D eigenvalue weighted by atomic mass is 35.5. The molecule has 5 nitrogen and oxygen atoms in total. The summed E-state index contributed by atoms with van der Waals surface area (Å²) in [5, 5.41) is 2.99. The molecule has 0 saturated carbocycles. The number of hydrogen-bond acceptors (Lipinski definition) is 3. The normalized spacial score (nSPS) is 11.6. The van der Waals surface area contributed by atoms with Crippen molar-refractivity contribution in [1.82, 2.24) is 10.2 Å². The minimum Gasteiger partial charge on any atom is -0.497 e. The van der Waals surface area contributed by atoms with Crippen LogP contribution in [0, 0.1) is 5.82 Å². The third kappa shape index (κ3) is 6.19. The van der Waals surface area contributed by atoms with Gasteiger partial charge in [-0.2, -0.15) is 0 Å². The molecule has 0 aliphatic heterocycles. The van der Waals surface area contributed by atoms with Gasteiger partial charge < -0.3 is 15.0 Å². The Morgan fingerprint density at radius 3 is 2.62 bits per heavy atom. The smallest absolute Gasteiger partial charge is 0.242 e. The maximum Gasteiger partial charge on any atom is 0.242 e. The Morgan fingerprint density at radius 1 is 1.24 bits per heavy atom. The summed E-state index contributed by atoms with van der Waals surface area (Å²) in [4.78, 5) is 27.0. The summed E-state index contributed by atoms with van der Waals surface area (Å²) in [6, 6.07) is 10.8. The molecule has 2 aromatic rings. The van der Waals surface area contributed by atoms with Gasteiger partial charge in [-0.15, -0.1) is 0 Å². The first-order valence-electron chi connectivity index (χ1n) is 9.50. The molecule has 0 spiro atoms. The average Bonchev–Trinajstić information content (AvgIpc) is 2.72. The van der Waals surface area contributed by atoms with Crippen LogP contribution < -0.4 is 10.1 Å². The quantitative estimate of drug-likeness (QED) is 0.667. The lowest BCUT2D eigenvalue weighted by Gasteiger charge is -2.29. The molecule has 0 aliphatic carbocycles. The van der Waals surface area contributed by atoms with Crippen LogP contribution in [-0.4, -0.2) is 36.4 Å². The zero-order valence-corrected chi connectivity index (χ0v) is 17.6. The lowest BCUT2D eigenvalue weighted by molar-refractivity contribution is -0.140. The van der Waals surface area contributed by atoms with Crippen LogP contribution in [0.1, 0.15) is 31.4 Å². The van der Waals surface area contributed by atoms with Crippen LogP contribution in [0.3, 0.4) is 0 Å². The van der Waals surface area contributed by atoms with Crippen LogP contribution in [0.15, 0.2) is 42.5 Å². The molecule has 2 aromatic carbocycles. The third-order valence-electron chi connectivity index (χ3n) is 4.59. The highest BCUT2D eigenvalue weighted by molar-refractivity contribution is 6.31. The van der Waals surface area contributed by atoms with E-state index in [1.165, 1.54) is 23.1 Å². The van der Waals surface area contributed by atoms with Crippen molar-refractivity contribution in [3.05, 3.63) is 64.4 Å². The molecule has 0 saturated heterocycles. The minimum absolute atomic E-state index is 0.121. The van der Waals surface area contributed by atoms with E-state index in [1.54, 1.807) is 26.2 Å². The molecule has 0 unspecified atom stereocenters. The van der Waals surface area contributed by atoms with Crippen LogP contribution in [0.4, 0.5) is 4.39 Å². The molecule has 2 amide bonds. The molecule has 7 heteroatoms. The van der Waals surface area contributed by atoms with Gasteiger partial charge in [0, 0.05) is 23.7 Å². The summed E-state index contributed by atoms with van der Waals surface area (Å²) in [5.74, 6) is -0.549. The van der Waals surface area contributed by atoms with Gasteiger partial charge in [0.2, 0.25) is 11.8 Å². The Balaban J connectivity index is 2.29. The van der Waals surface area contributed by atoms with Crippen molar-refractivity contribution in [3.8, 4) is 5.75 Å². The topological polar surface area (TPSA) is 58.6 Å². The summed E-state index contributed by atoms with van der Waals surface area (Å²) in [7, 11) is 1.56. The fraction of sp³-hybridized carbons (Fsp3) is 0.364.